The minimum atomic E-state index is -0.614. The number of hydrogen-bond acceptors (Lipinski definition) is 6. The molecule has 0 unspecified atom stereocenters. The van der Waals surface area contributed by atoms with Gasteiger partial charge < -0.3 is 21.3 Å². The summed E-state index contributed by atoms with van der Waals surface area (Å²) in [4.78, 5) is 29.4. The average molecular weight is 430 g/mol. The van der Waals surface area contributed by atoms with Crippen molar-refractivity contribution in [2.24, 2.45) is 5.92 Å². The van der Waals surface area contributed by atoms with Crippen molar-refractivity contribution < 1.29 is 9.59 Å². The van der Waals surface area contributed by atoms with Crippen LogP contribution in [-0.4, -0.2) is 35.9 Å². The number of nitrogens with one attached hydrogen (secondary N) is 4. The van der Waals surface area contributed by atoms with E-state index in [1.165, 1.54) is 22.5 Å². The number of rotatable bonds is 8. The number of carbonyl (C=O) groups is 2. The van der Waals surface area contributed by atoms with E-state index in [1.807, 2.05) is 13.8 Å². The topological polar surface area (TPSA) is 95.2 Å². The fourth-order valence-electron chi connectivity index (χ4n) is 3.60. The lowest BCUT2D eigenvalue weighted by Gasteiger charge is -2.26. The number of benzene rings is 1. The summed E-state index contributed by atoms with van der Waals surface area (Å²) in [6, 6.07) is 7.77. The Morgan fingerprint density at radius 2 is 1.93 bits per heavy atom. The Morgan fingerprint density at radius 3 is 2.67 bits per heavy atom. The van der Waals surface area contributed by atoms with Gasteiger partial charge >= 0.3 is 0 Å². The molecule has 8 heteroatoms. The zero-order valence-electron chi connectivity index (χ0n) is 18.0. The first-order chi connectivity index (χ1) is 14.4. The second-order valence-electron chi connectivity index (χ2n) is 8.05. The summed E-state index contributed by atoms with van der Waals surface area (Å²) >= 11 is 1.41. The molecule has 0 fully saturated rings. The number of hydrogen-bond donors (Lipinski definition) is 4. The van der Waals surface area contributed by atoms with Gasteiger partial charge in [0.25, 0.3) is 0 Å². The molecule has 0 saturated carbocycles. The lowest BCUT2D eigenvalue weighted by molar-refractivity contribution is -0.128. The SMILES string of the molecule is CN[C@@H](C)C(=O)N[C@H](C(=O)Nc1cnc(N[C@@H]2CCCc3ccccc32)s1)C(C)C. The van der Waals surface area contributed by atoms with Gasteiger partial charge in [-0.2, -0.15) is 0 Å². The smallest absolute Gasteiger partial charge is 0.247 e. The molecule has 3 rings (SSSR count). The summed E-state index contributed by atoms with van der Waals surface area (Å²) in [7, 11) is 1.71. The van der Waals surface area contributed by atoms with Crippen LogP contribution in [0.15, 0.2) is 30.5 Å². The van der Waals surface area contributed by atoms with Crippen molar-refractivity contribution in [2.45, 2.75) is 58.2 Å². The van der Waals surface area contributed by atoms with Crippen molar-refractivity contribution in [3.8, 4) is 0 Å². The lowest BCUT2D eigenvalue weighted by atomic mass is 9.88. The number of fused-ring (bicyclic) bond motifs is 1. The van der Waals surface area contributed by atoms with E-state index in [1.54, 1.807) is 20.2 Å². The molecule has 2 amide bonds. The molecule has 0 bridgehead atoms. The molecule has 1 heterocycles. The third-order valence-corrected chi connectivity index (χ3v) is 6.34. The van der Waals surface area contributed by atoms with Crippen LogP contribution in [0.5, 0.6) is 0 Å². The van der Waals surface area contributed by atoms with E-state index < -0.39 is 6.04 Å². The highest BCUT2D eigenvalue weighted by Gasteiger charge is 2.26. The average Bonchev–Trinajstić information content (AvgIpc) is 3.17. The van der Waals surface area contributed by atoms with Gasteiger partial charge in [0.1, 0.15) is 11.0 Å². The summed E-state index contributed by atoms with van der Waals surface area (Å²) in [5.41, 5.74) is 2.71. The fourth-order valence-corrected chi connectivity index (χ4v) is 4.37. The molecular weight excluding hydrogens is 398 g/mol. The maximum absolute atomic E-state index is 12.8. The Morgan fingerprint density at radius 1 is 1.17 bits per heavy atom. The molecule has 2 aromatic rings. The molecule has 0 saturated heterocycles. The first-order valence-electron chi connectivity index (χ1n) is 10.5. The van der Waals surface area contributed by atoms with E-state index in [0.29, 0.717) is 5.00 Å². The summed E-state index contributed by atoms with van der Waals surface area (Å²) in [5.74, 6) is -0.476. The Hall–Kier alpha value is -2.45. The number of anilines is 2. The van der Waals surface area contributed by atoms with Crippen molar-refractivity contribution >= 4 is 33.3 Å². The van der Waals surface area contributed by atoms with E-state index in [-0.39, 0.29) is 29.8 Å². The quantitative estimate of drug-likeness (QED) is 0.516. The molecule has 0 spiro atoms. The Bertz CT molecular complexity index is 882. The van der Waals surface area contributed by atoms with Gasteiger partial charge in [0.15, 0.2) is 5.13 Å². The molecule has 1 aromatic carbocycles. The highest BCUT2D eigenvalue weighted by Crippen LogP contribution is 2.34. The Labute approximate surface area is 182 Å². The normalized spacial score (nSPS) is 17.7. The lowest BCUT2D eigenvalue weighted by Crippen LogP contribution is -2.51. The first kappa shape index (κ1) is 22.2. The summed E-state index contributed by atoms with van der Waals surface area (Å²) < 4.78 is 0. The third-order valence-electron chi connectivity index (χ3n) is 5.49. The minimum Gasteiger partial charge on any atom is -0.355 e. The zero-order chi connectivity index (χ0) is 21.7. The molecule has 1 aliphatic carbocycles. The van der Waals surface area contributed by atoms with Crippen LogP contribution in [-0.2, 0) is 16.0 Å². The maximum Gasteiger partial charge on any atom is 0.247 e. The van der Waals surface area contributed by atoms with Crippen LogP contribution in [0.4, 0.5) is 10.1 Å². The van der Waals surface area contributed by atoms with Crippen molar-refractivity contribution in [2.75, 3.05) is 17.7 Å². The molecule has 1 aromatic heterocycles. The van der Waals surface area contributed by atoms with Crippen LogP contribution in [0.1, 0.15) is 50.8 Å². The van der Waals surface area contributed by atoms with Gasteiger partial charge in [-0.3, -0.25) is 9.59 Å². The molecule has 162 valence electrons. The van der Waals surface area contributed by atoms with Crippen molar-refractivity contribution in [1.82, 2.24) is 15.6 Å². The molecule has 1 aliphatic rings. The number of aromatic nitrogens is 1. The van der Waals surface area contributed by atoms with E-state index in [0.717, 1.165) is 24.4 Å². The molecule has 0 radical (unpaired) electrons. The summed E-state index contributed by atoms with van der Waals surface area (Å²) in [6.07, 6.45) is 4.98. The zero-order valence-corrected chi connectivity index (χ0v) is 18.8. The van der Waals surface area contributed by atoms with Gasteiger partial charge in [-0.05, 0) is 50.3 Å². The number of likely N-dealkylation sites (N-methyl/N-ethyl adjacent to an activating group) is 1. The predicted molar refractivity (Wildman–Crippen MR) is 122 cm³/mol. The van der Waals surface area contributed by atoms with Gasteiger partial charge in [0.05, 0.1) is 18.3 Å². The van der Waals surface area contributed by atoms with Crippen LogP contribution >= 0.6 is 11.3 Å². The van der Waals surface area contributed by atoms with Crippen LogP contribution in [0, 0.1) is 5.92 Å². The molecule has 30 heavy (non-hydrogen) atoms. The summed E-state index contributed by atoms with van der Waals surface area (Å²) in [6.45, 7) is 5.58. The number of thiazole rings is 1. The third kappa shape index (κ3) is 5.37. The molecular formula is C22H31N5O2S. The van der Waals surface area contributed by atoms with Crippen molar-refractivity contribution in [3.05, 3.63) is 41.6 Å². The van der Waals surface area contributed by atoms with Crippen LogP contribution in [0.3, 0.4) is 0 Å². The predicted octanol–water partition coefficient (Wildman–Crippen LogP) is 3.32. The first-order valence-corrected chi connectivity index (χ1v) is 11.3. The van der Waals surface area contributed by atoms with Crippen molar-refractivity contribution in [3.63, 3.8) is 0 Å². The van der Waals surface area contributed by atoms with Crippen LogP contribution in [0.2, 0.25) is 0 Å². The molecule has 7 nitrogen and oxygen atoms in total. The monoisotopic (exact) mass is 429 g/mol. The molecule has 0 aliphatic heterocycles. The second-order valence-corrected chi connectivity index (χ2v) is 9.08. The van der Waals surface area contributed by atoms with Crippen LogP contribution < -0.4 is 21.3 Å². The number of nitrogens with zero attached hydrogens (tertiary/aromatic N) is 1. The number of amides is 2. The van der Waals surface area contributed by atoms with E-state index in [9.17, 15) is 9.59 Å². The van der Waals surface area contributed by atoms with Gasteiger partial charge in [-0.25, -0.2) is 4.98 Å². The summed E-state index contributed by atoms with van der Waals surface area (Å²) in [5, 5.41) is 13.6. The fraction of sp³-hybridized carbons (Fsp3) is 0.500. The van der Waals surface area contributed by atoms with Gasteiger partial charge in [0.2, 0.25) is 11.8 Å². The second kappa shape index (κ2) is 10.0. The van der Waals surface area contributed by atoms with Crippen LogP contribution in [0.25, 0.3) is 0 Å². The van der Waals surface area contributed by atoms with E-state index in [4.69, 9.17) is 0 Å². The van der Waals surface area contributed by atoms with Gasteiger partial charge in [0, 0.05) is 0 Å². The van der Waals surface area contributed by atoms with E-state index in [2.05, 4.69) is 50.5 Å². The van der Waals surface area contributed by atoms with E-state index >= 15 is 0 Å². The number of carbonyl (C=O) groups excluding carboxylic acids is 2. The molecule has 4 N–H and O–H groups in total. The standard InChI is InChI=1S/C22H31N5O2S/c1-13(2)19(27-20(28)14(3)23-4)21(29)26-18-12-24-22(30-18)25-17-11-7-9-15-8-5-6-10-16(15)17/h5-6,8,10,12-14,17,19,23H,7,9,11H2,1-4H3,(H,24,25)(H,26,29)(H,27,28)/t14-,17+,19-/m0/s1. The Balaban J connectivity index is 1.63. The highest BCUT2D eigenvalue weighted by molar-refractivity contribution is 7.19. The highest BCUT2D eigenvalue weighted by atomic mass is 32.1. The molecule has 3 atom stereocenters. The van der Waals surface area contributed by atoms with Gasteiger partial charge in [-0.1, -0.05) is 49.4 Å². The van der Waals surface area contributed by atoms with Crippen molar-refractivity contribution in [1.29, 1.82) is 0 Å². The maximum atomic E-state index is 12.8. The minimum absolute atomic E-state index is 0.0396. The number of aryl methyl sites for hydroxylation is 1. The largest absolute Gasteiger partial charge is 0.355 e. The Kier molecular flexibility index (Phi) is 7.44. The van der Waals surface area contributed by atoms with Gasteiger partial charge in [-0.15, -0.1) is 0 Å².